The van der Waals surface area contributed by atoms with Crippen LogP contribution in [0.3, 0.4) is 0 Å². The number of unbranched alkanes of at least 4 members (excludes halogenated alkanes) is 1. The number of carbonyl (C=O) groups is 2. The lowest BCUT2D eigenvalue weighted by Gasteiger charge is -2.12. The van der Waals surface area contributed by atoms with E-state index in [0.717, 1.165) is 12.8 Å². The Hall–Kier alpha value is -2.82. The summed E-state index contributed by atoms with van der Waals surface area (Å²) in [7, 11) is 1.32. The Labute approximate surface area is 141 Å². The average Bonchev–Trinajstić information content (AvgIpc) is 2.62. The number of nitrogens with one attached hydrogen (secondary N) is 1. The molecule has 5 heteroatoms. The number of para-hydroxylation sites is 2. The first-order chi connectivity index (χ1) is 11.7. The van der Waals surface area contributed by atoms with Gasteiger partial charge in [0, 0.05) is 5.56 Å². The molecule has 0 heterocycles. The summed E-state index contributed by atoms with van der Waals surface area (Å²) in [6.45, 7) is 2.70. The van der Waals surface area contributed by atoms with Gasteiger partial charge >= 0.3 is 5.97 Å². The van der Waals surface area contributed by atoms with Crippen molar-refractivity contribution in [1.82, 2.24) is 0 Å². The Morgan fingerprint density at radius 2 is 1.67 bits per heavy atom. The highest BCUT2D eigenvalue weighted by Crippen LogP contribution is 2.24. The fourth-order valence-corrected chi connectivity index (χ4v) is 2.09. The molecule has 0 aliphatic rings. The minimum absolute atomic E-state index is 0.266. The topological polar surface area (TPSA) is 64.6 Å². The number of hydrogen-bond acceptors (Lipinski definition) is 4. The Morgan fingerprint density at radius 3 is 2.33 bits per heavy atom. The molecule has 126 valence electrons. The Balaban J connectivity index is 2.08. The van der Waals surface area contributed by atoms with Crippen LogP contribution in [0.5, 0.6) is 5.75 Å². The molecule has 0 spiro atoms. The molecule has 1 amide bonds. The van der Waals surface area contributed by atoms with Gasteiger partial charge in [0.2, 0.25) is 0 Å². The third kappa shape index (κ3) is 4.59. The van der Waals surface area contributed by atoms with E-state index in [2.05, 4.69) is 17.0 Å². The van der Waals surface area contributed by atoms with Gasteiger partial charge in [-0.05, 0) is 42.8 Å². The normalized spacial score (nSPS) is 10.1. The maximum atomic E-state index is 12.4. The molecule has 0 aromatic heterocycles. The smallest absolute Gasteiger partial charge is 0.337 e. The van der Waals surface area contributed by atoms with Gasteiger partial charge in [0.05, 0.1) is 25.0 Å². The van der Waals surface area contributed by atoms with E-state index in [0.29, 0.717) is 29.2 Å². The van der Waals surface area contributed by atoms with Gasteiger partial charge in [-0.2, -0.15) is 0 Å². The lowest BCUT2D eigenvalue weighted by Crippen LogP contribution is -2.13. The number of amides is 1. The zero-order valence-electron chi connectivity index (χ0n) is 13.9. The second-order valence-electron chi connectivity index (χ2n) is 5.22. The van der Waals surface area contributed by atoms with Gasteiger partial charge in [0.1, 0.15) is 5.75 Å². The predicted octanol–water partition coefficient (Wildman–Crippen LogP) is 3.90. The zero-order valence-corrected chi connectivity index (χ0v) is 13.9. The average molecular weight is 327 g/mol. The standard InChI is InChI=1S/C19H21NO4/c1-3-4-13-24-17-8-6-5-7-16(17)20-18(21)14-9-11-15(12-10-14)19(22)23-2/h5-12H,3-4,13H2,1-2H3,(H,20,21). The second kappa shape index (κ2) is 8.72. The molecule has 24 heavy (non-hydrogen) atoms. The summed E-state index contributed by atoms with van der Waals surface area (Å²) in [5.41, 5.74) is 1.47. The molecule has 0 aliphatic carbocycles. The van der Waals surface area contributed by atoms with Crippen LogP contribution in [0.25, 0.3) is 0 Å². The summed E-state index contributed by atoms with van der Waals surface area (Å²) in [6.07, 6.45) is 2.00. The van der Waals surface area contributed by atoms with Gasteiger partial charge in [-0.25, -0.2) is 4.79 Å². The molecule has 2 rings (SSSR count). The number of methoxy groups -OCH3 is 1. The molecule has 1 N–H and O–H groups in total. The Kier molecular flexibility index (Phi) is 6.37. The minimum Gasteiger partial charge on any atom is -0.491 e. The number of esters is 1. The SMILES string of the molecule is CCCCOc1ccccc1NC(=O)c1ccc(C(=O)OC)cc1. The van der Waals surface area contributed by atoms with Crippen molar-refractivity contribution in [1.29, 1.82) is 0 Å². The van der Waals surface area contributed by atoms with Crippen molar-refractivity contribution in [3.8, 4) is 5.75 Å². The van der Waals surface area contributed by atoms with Crippen LogP contribution >= 0.6 is 0 Å². The highest BCUT2D eigenvalue weighted by molar-refractivity contribution is 6.05. The van der Waals surface area contributed by atoms with Crippen LogP contribution in [0, 0.1) is 0 Å². The minimum atomic E-state index is -0.434. The van der Waals surface area contributed by atoms with E-state index in [4.69, 9.17) is 4.74 Å². The van der Waals surface area contributed by atoms with E-state index in [1.54, 1.807) is 30.3 Å². The molecular formula is C19H21NO4. The number of carbonyl (C=O) groups excluding carboxylic acids is 2. The summed E-state index contributed by atoms with van der Waals surface area (Å²) < 4.78 is 10.3. The van der Waals surface area contributed by atoms with E-state index in [1.165, 1.54) is 7.11 Å². The summed E-state index contributed by atoms with van der Waals surface area (Å²) >= 11 is 0. The fourth-order valence-electron chi connectivity index (χ4n) is 2.09. The van der Waals surface area contributed by atoms with Crippen LogP contribution in [0.4, 0.5) is 5.69 Å². The quantitative estimate of drug-likeness (QED) is 0.619. The largest absolute Gasteiger partial charge is 0.491 e. The molecule has 0 radical (unpaired) electrons. The van der Waals surface area contributed by atoms with Crippen molar-refractivity contribution < 1.29 is 19.1 Å². The van der Waals surface area contributed by atoms with Crippen molar-refractivity contribution in [2.24, 2.45) is 0 Å². The molecule has 0 bridgehead atoms. The Morgan fingerprint density at radius 1 is 1.00 bits per heavy atom. The van der Waals surface area contributed by atoms with Crippen molar-refractivity contribution in [3.63, 3.8) is 0 Å². The monoisotopic (exact) mass is 327 g/mol. The van der Waals surface area contributed by atoms with Crippen LogP contribution in [0.2, 0.25) is 0 Å². The first-order valence-corrected chi connectivity index (χ1v) is 7.87. The predicted molar refractivity (Wildman–Crippen MR) is 92.6 cm³/mol. The van der Waals surface area contributed by atoms with Gasteiger partial charge in [-0.15, -0.1) is 0 Å². The molecule has 5 nitrogen and oxygen atoms in total. The molecule has 2 aromatic rings. The molecule has 0 unspecified atom stereocenters. The van der Waals surface area contributed by atoms with Crippen molar-refractivity contribution in [2.75, 3.05) is 19.0 Å². The molecule has 2 aromatic carbocycles. The van der Waals surface area contributed by atoms with Crippen molar-refractivity contribution in [3.05, 3.63) is 59.7 Å². The number of anilines is 1. The highest BCUT2D eigenvalue weighted by atomic mass is 16.5. The van der Waals surface area contributed by atoms with Crippen LogP contribution < -0.4 is 10.1 Å². The van der Waals surface area contributed by atoms with Crippen LogP contribution in [0.1, 0.15) is 40.5 Å². The lowest BCUT2D eigenvalue weighted by molar-refractivity contribution is 0.0600. The molecule has 0 fully saturated rings. The van der Waals surface area contributed by atoms with E-state index in [1.807, 2.05) is 18.2 Å². The number of benzene rings is 2. The van der Waals surface area contributed by atoms with Gasteiger partial charge in [0.25, 0.3) is 5.91 Å². The van der Waals surface area contributed by atoms with Crippen LogP contribution in [0.15, 0.2) is 48.5 Å². The molecule has 0 saturated heterocycles. The Bertz CT molecular complexity index is 695. The van der Waals surface area contributed by atoms with Crippen LogP contribution in [-0.4, -0.2) is 25.6 Å². The summed E-state index contributed by atoms with van der Waals surface area (Å²) in [4.78, 5) is 23.8. The third-order valence-corrected chi connectivity index (χ3v) is 3.46. The van der Waals surface area contributed by atoms with Gasteiger partial charge in [-0.3, -0.25) is 4.79 Å². The van der Waals surface area contributed by atoms with E-state index in [-0.39, 0.29) is 5.91 Å². The number of rotatable bonds is 7. The molecular weight excluding hydrogens is 306 g/mol. The van der Waals surface area contributed by atoms with Gasteiger partial charge in [0.15, 0.2) is 0 Å². The van der Waals surface area contributed by atoms with Gasteiger partial charge < -0.3 is 14.8 Å². The third-order valence-electron chi connectivity index (χ3n) is 3.46. The first-order valence-electron chi connectivity index (χ1n) is 7.87. The number of hydrogen-bond donors (Lipinski definition) is 1. The maximum Gasteiger partial charge on any atom is 0.337 e. The van der Waals surface area contributed by atoms with Crippen molar-refractivity contribution >= 4 is 17.6 Å². The summed E-state index contributed by atoms with van der Waals surface area (Å²) in [6, 6.07) is 13.6. The fraction of sp³-hybridized carbons (Fsp3) is 0.263. The van der Waals surface area contributed by atoms with Crippen LogP contribution in [-0.2, 0) is 4.74 Å². The molecule has 0 aliphatic heterocycles. The van der Waals surface area contributed by atoms with E-state index >= 15 is 0 Å². The molecule has 0 saturated carbocycles. The van der Waals surface area contributed by atoms with E-state index in [9.17, 15) is 9.59 Å². The molecule has 0 atom stereocenters. The van der Waals surface area contributed by atoms with E-state index < -0.39 is 5.97 Å². The summed E-state index contributed by atoms with van der Waals surface area (Å²) in [5.74, 6) is -0.0555. The lowest BCUT2D eigenvalue weighted by atomic mass is 10.1. The number of ether oxygens (including phenoxy) is 2. The second-order valence-corrected chi connectivity index (χ2v) is 5.22. The van der Waals surface area contributed by atoms with Gasteiger partial charge in [-0.1, -0.05) is 25.5 Å². The maximum absolute atomic E-state index is 12.4. The zero-order chi connectivity index (χ0) is 17.4. The van der Waals surface area contributed by atoms with Crippen molar-refractivity contribution in [2.45, 2.75) is 19.8 Å². The first kappa shape index (κ1) is 17.5. The highest BCUT2D eigenvalue weighted by Gasteiger charge is 2.11. The summed E-state index contributed by atoms with van der Waals surface area (Å²) in [5, 5.41) is 2.84.